The first-order valence-electron chi connectivity index (χ1n) is 7.29. The Morgan fingerprint density at radius 2 is 0.786 bits per heavy atom. The van der Waals surface area contributed by atoms with Gasteiger partial charge in [0.25, 0.3) is 0 Å². The third-order valence-electron chi connectivity index (χ3n) is 2.62. The first kappa shape index (κ1) is 24.5. The second-order valence-corrected chi connectivity index (χ2v) is 4.51. The van der Waals surface area contributed by atoms with Gasteiger partial charge in [0.2, 0.25) is 0 Å². The Bertz CT molecular complexity index is 747. The van der Waals surface area contributed by atoms with Crippen molar-refractivity contribution in [3.63, 3.8) is 0 Å². The van der Waals surface area contributed by atoms with E-state index in [-0.39, 0.29) is 36.6 Å². The smallest absolute Gasteiger partial charge is 0.543 e. The van der Waals surface area contributed by atoms with Gasteiger partial charge < -0.3 is 29.7 Å². The summed E-state index contributed by atoms with van der Waals surface area (Å²) in [4.78, 5) is 40.6. The fourth-order valence-corrected chi connectivity index (χ4v) is 1.45. The molecule has 0 aliphatic heterocycles. The summed E-state index contributed by atoms with van der Waals surface area (Å²) in [5.74, 6) is -3.72. The molecule has 0 atom stereocenters. The normalized spacial score (nSPS) is 8.57. The van der Waals surface area contributed by atoms with E-state index in [4.69, 9.17) is 0 Å². The summed E-state index contributed by atoms with van der Waals surface area (Å²) in [6.07, 6.45) is 4.22. The van der Waals surface area contributed by atoms with Crippen molar-refractivity contribution in [2.75, 3.05) is 0 Å². The summed E-state index contributed by atoms with van der Waals surface area (Å²) in [6, 6.07) is 13.9. The number of pyridine rings is 3. The summed E-state index contributed by atoms with van der Waals surface area (Å²) in [5, 5.41) is 30.1. The van der Waals surface area contributed by atoms with E-state index in [1.807, 2.05) is 0 Å². The number of aromatic nitrogens is 3. The molecule has 143 valence electrons. The number of carbonyl (C=O) groups excluding carboxylic acids is 3. The number of carbonyl (C=O) groups is 3. The van der Waals surface area contributed by atoms with E-state index < -0.39 is 17.9 Å². The molecule has 28 heavy (non-hydrogen) atoms. The summed E-state index contributed by atoms with van der Waals surface area (Å²) in [6.45, 7) is 0. The van der Waals surface area contributed by atoms with Crippen molar-refractivity contribution in [2.24, 2.45) is 0 Å². The van der Waals surface area contributed by atoms with Crippen LogP contribution >= 0.6 is 0 Å². The third-order valence-corrected chi connectivity index (χ3v) is 2.62. The van der Waals surface area contributed by atoms with Crippen molar-refractivity contribution in [1.82, 2.24) is 15.0 Å². The van der Waals surface area contributed by atoms with Crippen molar-refractivity contribution in [2.45, 2.75) is 0 Å². The number of carboxylic acid groups (broad SMARTS) is 3. The Hall–Kier alpha value is -3.52. The van der Waals surface area contributed by atoms with Crippen molar-refractivity contribution in [3.05, 3.63) is 90.3 Å². The number of nitrogens with zero attached hydrogens (tertiary/aromatic N) is 3. The minimum absolute atomic E-state index is 0. The number of hydrogen-bond donors (Lipinski definition) is 0. The predicted octanol–water partition coefficient (Wildman–Crippen LogP) is -1.67. The average molecular weight is 467 g/mol. The SMILES string of the molecule is O=C([O-])c1ccccn1.O=C([O-])c1ccccn1.O=C([O-])c1ccccn1.[Ru+3]. The van der Waals surface area contributed by atoms with Gasteiger partial charge in [0.1, 0.15) is 0 Å². The zero-order valence-electron chi connectivity index (χ0n) is 14.1. The Morgan fingerprint density at radius 3 is 0.893 bits per heavy atom. The minimum Gasteiger partial charge on any atom is -0.543 e. The van der Waals surface area contributed by atoms with E-state index in [1.165, 1.54) is 36.8 Å². The van der Waals surface area contributed by atoms with E-state index in [1.54, 1.807) is 36.4 Å². The molecule has 3 rings (SSSR count). The van der Waals surface area contributed by atoms with Gasteiger partial charge in [-0.2, -0.15) is 0 Å². The molecule has 1 radical (unpaired) electrons. The van der Waals surface area contributed by atoms with Crippen molar-refractivity contribution in [1.29, 1.82) is 0 Å². The molecule has 3 heterocycles. The molecule has 0 spiro atoms. The first-order chi connectivity index (χ1) is 12.9. The van der Waals surface area contributed by atoms with Crippen LogP contribution in [0.4, 0.5) is 0 Å². The molecule has 0 N–H and O–H groups in total. The number of carboxylic acids is 3. The standard InChI is InChI=1S/3C6H5NO2.Ru/c3*8-6(9)5-3-1-2-4-7-5;/h3*1-4H,(H,8,9);/q;;;+3/p-3. The van der Waals surface area contributed by atoms with E-state index in [0.717, 1.165) is 0 Å². The molecule has 0 aliphatic rings. The number of aromatic carboxylic acids is 3. The molecular weight excluding hydrogens is 455 g/mol. The van der Waals surface area contributed by atoms with Crippen LogP contribution in [0.25, 0.3) is 0 Å². The molecule has 0 bridgehead atoms. The fraction of sp³-hybridized carbons (Fsp3) is 0. The van der Waals surface area contributed by atoms with E-state index in [2.05, 4.69) is 15.0 Å². The first-order valence-corrected chi connectivity index (χ1v) is 7.29. The summed E-state index contributed by atoms with van der Waals surface area (Å²) in [5.41, 5.74) is -0.0903. The Kier molecular flexibility index (Phi) is 11.9. The van der Waals surface area contributed by atoms with Crippen molar-refractivity contribution in [3.8, 4) is 0 Å². The zero-order valence-corrected chi connectivity index (χ0v) is 15.8. The van der Waals surface area contributed by atoms with Gasteiger partial charge in [-0.1, -0.05) is 18.2 Å². The number of rotatable bonds is 3. The Morgan fingerprint density at radius 1 is 0.536 bits per heavy atom. The van der Waals surface area contributed by atoms with Crippen molar-refractivity contribution < 1.29 is 49.2 Å². The van der Waals surface area contributed by atoms with Gasteiger partial charge in [-0.25, -0.2) is 0 Å². The van der Waals surface area contributed by atoms with Crippen LogP contribution in [0.2, 0.25) is 0 Å². The molecule has 10 heteroatoms. The largest absolute Gasteiger partial charge is 3.00 e. The molecular formula is C18H12N3O6Ru. The van der Waals surface area contributed by atoms with E-state index in [0.29, 0.717) is 0 Å². The van der Waals surface area contributed by atoms with Crippen LogP contribution in [-0.2, 0) is 19.5 Å². The summed E-state index contributed by atoms with van der Waals surface area (Å²) < 4.78 is 0. The van der Waals surface area contributed by atoms with Crippen LogP contribution in [0.1, 0.15) is 31.5 Å². The van der Waals surface area contributed by atoms with Gasteiger partial charge in [-0.15, -0.1) is 0 Å². The molecule has 0 amide bonds. The Labute approximate surface area is 172 Å². The van der Waals surface area contributed by atoms with Crippen LogP contribution in [0, 0.1) is 0 Å². The van der Waals surface area contributed by atoms with Crippen molar-refractivity contribution >= 4 is 17.9 Å². The summed E-state index contributed by atoms with van der Waals surface area (Å²) in [7, 11) is 0. The molecule has 0 saturated heterocycles. The van der Waals surface area contributed by atoms with Crippen LogP contribution in [0.3, 0.4) is 0 Å². The topological polar surface area (TPSA) is 159 Å². The van der Waals surface area contributed by atoms with Gasteiger partial charge in [0.05, 0.1) is 35.0 Å². The maximum absolute atomic E-state index is 10.0. The van der Waals surface area contributed by atoms with Gasteiger partial charge in [0.15, 0.2) is 0 Å². The molecule has 0 fully saturated rings. The third kappa shape index (κ3) is 9.83. The van der Waals surface area contributed by atoms with Crippen LogP contribution < -0.4 is 15.3 Å². The van der Waals surface area contributed by atoms with Crippen LogP contribution in [0.15, 0.2) is 73.2 Å². The quantitative estimate of drug-likeness (QED) is 0.411. The molecule has 0 aliphatic carbocycles. The maximum atomic E-state index is 10.0. The molecule has 3 aromatic heterocycles. The van der Waals surface area contributed by atoms with Gasteiger partial charge in [-0.05, 0) is 36.4 Å². The molecule has 0 saturated carbocycles. The molecule has 9 nitrogen and oxygen atoms in total. The molecule has 3 aromatic rings. The minimum atomic E-state index is -1.24. The van der Waals surface area contributed by atoms with E-state index >= 15 is 0 Å². The average Bonchev–Trinajstić information content (AvgIpc) is 2.71. The second kappa shape index (κ2) is 13.7. The molecule has 0 aromatic carbocycles. The second-order valence-electron chi connectivity index (χ2n) is 4.51. The van der Waals surface area contributed by atoms with Gasteiger partial charge in [0, 0.05) is 18.6 Å². The Balaban J connectivity index is 0.000000384. The van der Waals surface area contributed by atoms with Crippen LogP contribution in [-0.4, -0.2) is 32.9 Å². The number of hydrogen-bond acceptors (Lipinski definition) is 9. The zero-order chi connectivity index (χ0) is 20.1. The monoisotopic (exact) mass is 468 g/mol. The van der Waals surface area contributed by atoms with Gasteiger partial charge >= 0.3 is 19.5 Å². The van der Waals surface area contributed by atoms with Crippen LogP contribution in [0.5, 0.6) is 0 Å². The summed E-state index contributed by atoms with van der Waals surface area (Å²) >= 11 is 0. The fourth-order valence-electron chi connectivity index (χ4n) is 1.45. The van der Waals surface area contributed by atoms with E-state index in [9.17, 15) is 29.7 Å². The molecule has 0 unspecified atom stereocenters. The van der Waals surface area contributed by atoms with Gasteiger partial charge in [-0.3, -0.25) is 15.0 Å². The maximum Gasteiger partial charge on any atom is 3.00 e. The predicted molar refractivity (Wildman–Crippen MR) is 85.7 cm³/mol.